The molecule has 2 rings (SSSR count). The molecule has 1 heterocycles. The Balaban J connectivity index is 2.40. The molecule has 2 N–H and O–H groups in total. The van der Waals surface area contributed by atoms with Gasteiger partial charge in [0.15, 0.2) is 0 Å². The second kappa shape index (κ2) is 6.60. The molecule has 1 aliphatic rings. The molecule has 1 aromatic carbocycles. The molecule has 1 amide bonds. The summed E-state index contributed by atoms with van der Waals surface area (Å²) in [7, 11) is 0. The second-order valence-electron chi connectivity index (χ2n) is 4.52. The Morgan fingerprint density at radius 3 is 2.95 bits per heavy atom. The number of nitrogens with zero attached hydrogens (tertiary/aromatic N) is 1. The summed E-state index contributed by atoms with van der Waals surface area (Å²) in [5.41, 5.74) is 7.02. The van der Waals surface area contributed by atoms with Crippen molar-refractivity contribution < 1.29 is 4.79 Å². The first-order chi connectivity index (χ1) is 9.22. The van der Waals surface area contributed by atoms with E-state index in [0.717, 1.165) is 37.1 Å². The maximum Gasteiger partial charge on any atom is 0.227 e. The van der Waals surface area contributed by atoms with E-state index >= 15 is 0 Å². The van der Waals surface area contributed by atoms with E-state index in [1.807, 2.05) is 12.1 Å². The van der Waals surface area contributed by atoms with Gasteiger partial charge in [0.25, 0.3) is 0 Å². The molecule has 1 saturated heterocycles. The maximum absolute atomic E-state index is 12.2. The van der Waals surface area contributed by atoms with Gasteiger partial charge in [-0.1, -0.05) is 29.9 Å². The topological polar surface area (TPSA) is 46.3 Å². The van der Waals surface area contributed by atoms with Gasteiger partial charge in [-0.15, -0.1) is 0 Å². The molecule has 3 nitrogen and oxygen atoms in total. The summed E-state index contributed by atoms with van der Waals surface area (Å²) in [5.74, 6) is 5.99. The summed E-state index contributed by atoms with van der Waals surface area (Å²) >= 11 is 6.05. The number of carbonyl (C=O) groups excluding carboxylic acids is 1. The summed E-state index contributed by atoms with van der Waals surface area (Å²) in [4.78, 5) is 14.0. The molecular formula is C15H17ClN2O. The van der Waals surface area contributed by atoms with Crippen LogP contribution in [-0.4, -0.2) is 19.0 Å². The van der Waals surface area contributed by atoms with Gasteiger partial charge in [0.1, 0.15) is 0 Å². The van der Waals surface area contributed by atoms with Crippen molar-refractivity contribution in [3.63, 3.8) is 0 Å². The molecule has 4 heteroatoms. The van der Waals surface area contributed by atoms with Crippen molar-refractivity contribution in [1.82, 2.24) is 0 Å². The van der Waals surface area contributed by atoms with E-state index in [9.17, 15) is 4.79 Å². The lowest BCUT2D eigenvalue weighted by Gasteiger charge is -2.22. The van der Waals surface area contributed by atoms with Crippen LogP contribution in [0.2, 0.25) is 5.02 Å². The van der Waals surface area contributed by atoms with Crippen molar-refractivity contribution in [2.45, 2.75) is 25.7 Å². The minimum atomic E-state index is 0.149. The SMILES string of the molecule is NCC#Cc1ccc(Cl)cc1N1CCCCCC1=O. The highest BCUT2D eigenvalue weighted by atomic mass is 35.5. The molecule has 1 fully saturated rings. The van der Waals surface area contributed by atoms with Gasteiger partial charge in [-0.05, 0) is 31.0 Å². The van der Waals surface area contributed by atoms with Crippen LogP contribution >= 0.6 is 11.6 Å². The van der Waals surface area contributed by atoms with E-state index in [2.05, 4.69) is 11.8 Å². The molecule has 1 aliphatic heterocycles. The van der Waals surface area contributed by atoms with Crippen LogP contribution in [0.3, 0.4) is 0 Å². The summed E-state index contributed by atoms with van der Waals surface area (Å²) < 4.78 is 0. The lowest BCUT2D eigenvalue weighted by molar-refractivity contribution is -0.118. The third kappa shape index (κ3) is 3.50. The van der Waals surface area contributed by atoms with E-state index in [1.165, 1.54) is 0 Å². The number of nitrogens with two attached hydrogens (primary N) is 1. The third-order valence-corrected chi connectivity index (χ3v) is 3.38. The van der Waals surface area contributed by atoms with Crippen LogP contribution in [-0.2, 0) is 4.79 Å². The highest BCUT2D eigenvalue weighted by Gasteiger charge is 2.20. The Labute approximate surface area is 118 Å². The molecule has 0 radical (unpaired) electrons. The minimum Gasteiger partial charge on any atom is -0.320 e. The Bertz CT molecular complexity index is 531. The summed E-state index contributed by atoms with van der Waals surface area (Å²) in [6.07, 6.45) is 3.66. The van der Waals surface area contributed by atoms with Crippen LogP contribution in [0.5, 0.6) is 0 Å². The van der Waals surface area contributed by atoms with Crippen LogP contribution in [0.15, 0.2) is 18.2 Å². The molecule has 19 heavy (non-hydrogen) atoms. The number of anilines is 1. The average Bonchev–Trinajstić information content (AvgIpc) is 2.62. The van der Waals surface area contributed by atoms with Crippen molar-refractivity contribution in [3.05, 3.63) is 28.8 Å². The molecule has 0 bridgehead atoms. The lowest BCUT2D eigenvalue weighted by Crippen LogP contribution is -2.30. The Morgan fingerprint density at radius 2 is 2.16 bits per heavy atom. The number of carbonyl (C=O) groups is 1. The monoisotopic (exact) mass is 276 g/mol. The van der Waals surface area contributed by atoms with E-state index in [-0.39, 0.29) is 5.91 Å². The number of halogens is 1. The number of hydrogen-bond donors (Lipinski definition) is 1. The standard InChI is InChI=1S/C15H17ClN2O/c16-13-8-7-12(5-4-9-17)14(11-13)18-10-3-1-2-6-15(18)19/h7-8,11H,1-3,6,9-10,17H2. The first-order valence-corrected chi connectivity index (χ1v) is 6.89. The molecule has 0 spiro atoms. The smallest absolute Gasteiger partial charge is 0.227 e. The summed E-state index contributed by atoms with van der Waals surface area (Å²) in [6, 6.07) is 5.44. The number of benzene rings is 1. The number of amides is 1. The molecule has 0 atom stereocenters. The Morgan fingerprint density at radius 1 is 1.32 bits per heavy atom. The molecule has 0 aromatic heterocycles. The second-order valence-corrected chi connectivity index (χ2v) is 4.96. The van der Waals surface area contributed by atoms with Crippen LogP contribution in [0.4, 0.5) is 5.69 Å². The van der Waals surface area contributed by atoms with Gasteiger partial charge in [-0.2, -0.15) is 0 Å². The van der Waals surface area contributed by atoms with Crippen LogP contribution in [0.25, 0.3) is 0 Å². The normalized spacial score (nSPS) is 15.7. The zero-order valence-electron chi connectivity index (χ0n) is 10.8. The Kier molecular flexibility index (Phi) is 4.84. The van der Waals surface area contributed by atoms with Gasteiger partial charge in [0.05, 0.1) is 12.2 Å². The zero-order valence-corrected chi connectivity index (χ0v) is 11.5. The third-order valence-electron chi connectivity index (χ3n) is 3.15. The number of rotatable bonds is 1. The van der Waals surface area contributed by atoms with Gasteiger partial charge in [0.2, 0.25) is 5.91 Å². The molecule has 1 aromatic rings. The van der Waals surface area contributed by atoms with Crippen molar-refractivity contribution >= 4 is 23.2 Å². The minimum absolute atomic E-state index is 0.149. The van der Waals surface area contributed by atoms with Gasteiger partial charge in [-0.3, -0.25) is 4.79 Å². The highest BCUT2D eigenvalue weighted by Crippen LogP contribution is 2.27. The van der Waals surface area contributed by atoms with Crippen molar-refractivity contribution in [3.8, 4) is 11.8 Å². The maximum atomic E-state index is 12.2. The first-order valence-electron chi connectivity index (χ1n) is 6.51. The quantitative estimate of drug-likeness (QED) is 0.802. The van der Waals surface area contributed by atoms with Crippen molar-refractivity contribution in [2.75, 3.05) is 18.0 Å². The highest BCUT2D eigenvalue weighted by molar-refractivity contribution is 6.31. The molecule has 0 aliphatic carbocycles. The van der Waals surface area contributed by atoms with Gasteiger partial charge in [-0.25, -0.2) is 0 Å². The predicted octanol–water partition coefficient (Wildman–Crippen LogP) is 2.56. The van der Waals surface area contributed by atoms with Crippen molar-refractivity contribution in [2.24, 2.45) is 5.73 Å². The largest absolute Gasteiger partial charge is 0.320 e. The van der Waals surface area contributed by atoms with E-state index < -0.39 is 0 Å². The predicted molar refractivity (Wildman–Crippen MR) is 78.2 cm³/mol. The van der Waals surface area contributed by atoms with Crippen LogP contribution in [0.1, 0.15) is 31.2 Å². The first kappa shape index (κ1) is 13.9. The Hall–Kier alpha value is -1.50. The van der Waals surface area contributed by atoms with E-state index in [1.54, 1.807) is 11.0 Å². The fourth-order valence-corrected chi connectivity index (χ4v) is 2.38. The van der Waals surface area contributed by atoms with E-state index in [4.69, 9.17) is 17.3 Å². The molecule has 0 unspecified atom stereocenters. The molecule has 100 valence electrons. The number of hydrogen-bond acceptors (Lipinski definition) is 2. The van der Waals surface area contributed by atoms with Gasteiger partial charge in [0, 0.05) is 23.6 Å². The van der Waals surface area contributed by atoms with Crippen molar-refractivity contribution in [1.29, 1.82) is 0 Å². The van der Waals surface area contributed by atoms with Crippen LogP contribution < -0.4 is 10.6 Å². The van der Waals surface area contributed by atoms with Gasteiger partial charge >= 0.3 is 0 Å². The fourth-order valence-electron chi connectivity index (χ4n) is 2.22. The fraction of sp³-hybridized carbons (Fsp3) is 0.400. The zero-order chi connectivity index (χ0) is 13.7. The van der Waals surface area contributed by atoms with E-state index in [0.29, 0.717) is 18.0 Å². The summed E-state index contributed by atoms with van der Waals surface area (Å²) in [5, 5.41) is 0.616. The summed E-state index contributed by atoms with van der Waals surface area (Å²) in [6.45, 7) is 1.03. The van der Waals surface area contributed by atoms with Gasteiger partial charge < -0.3 is 10.6 Å². The molecular weight excluding hydrogens is 260 g/mol. The van der Waals surface area contributed by atoms with Crippen LogP contribution in [0, 0.1) is 11.8 Å². The molecule has 0 saturated carbocycles. The average molecular weight is 277 g/mol. The lowest BCUT2D eigenvalue weighted by atomic mass is 10.1.